The second-order valence-electron chi connectivity index (χ2n) is 13.9. The maximum absolute atomic E-state index is 12.0. The van der Waals surface area contributed by atoms with Crippen LogP contribution >= 0.6 is 0 Å². The van der Waals surface area contributed by atoms with Crippen molar-refractivity contribution in [3.8, 4) is 0 Å². The van der Waals surface area contributed by atoms with Crippen molar-refractivity contribution in [3.63, 3.8) is 0 Å². The number of hydrogen-bond acceptors (Lipinski definition) is 6. The number of aliphatic hydroxyl groups is 2. The lowest BCUT2D eigenvalue weighted by molar-refractivity contribution is -0.152. The lowest BCUT2D eigenvalue weighted by atomic mass is 10.0. The number of ether oxygens (including phenoxy) is 2. The summed E-state index contributed by atoms with van der Waals surface area (Å²) < 4.78 is 10.3. The summed E-state index contributed by atoms with van der Waals surface area (Å²) in [5.74, 6) is -0.647. The van der Waals surface area contributed by atoms with Crippen LogP contribution in [0.2, 0.25) is 0 Å². The molecule has 0 saturated heterocycles. The van der Waals surface area contributed by atoms with Crippen LogP contribution in [0.4, 0.5) is 0 Å². The lowest BCUT2D eigenvalue weighted by Crippen LogP contribution is -2.25. The van der Waals surface area contributed by atoms with Crippen LogP contribution in [0.3, 0.4) is 0 Å². The maximum atomic E-state index is 12.0. The highest BCUT2D eigenvalue weighted by Gasteiger charge is 2.12. The Bertz CT molecular complexity index is 918. The van der Waals surface area contributed by atoms with E-state index in [2.05, 4.69) is 49.5 Å². The Morgan fingerprint density at radius 1 is 0.490 bits per heavy atom. The zero-order chi connectivity index (χ0) is 37.3. The van der Waals surface area contributed by atoms with Crippen LogP contribution in [0, 0.1) is 0 Å². The van der Waals surface area contributed by atoms with Gasteiger partial charge in [-0.3, -0.25) is 9.59 Å². The van der Waals surface area contributed by atoms with E-state index in [4.69, 9.17) is 9.47 Å². The Labute approximate surface area is 313 Å². The molecule has 0 fully saturated rings. The van der Waals surface area contributed by atoms with Crippen molar-refractivity contribution in [1.29, 1.82) is 0 Å². The summed E-state index contributed by atoms with van der Waals surface area (Å²) in [6.45, 7) is 3.93. The first-order valence-electron chi connectivity index (χ1n) is 20.9. The van der Waals surface area contributed by atoms with E-state index < -0.39 is 6.10 Å². The van der Waals surface area contributed by atoms with Gasteiger partial charge in [0.25, 0.3) is 0 Å². The third-order valence-corrected chi connectivity index (χ3v) is 8.92. The molecule has 0 aromatic rings. The van der Waals surface area contributed by atoms with Gasteiger partial charge < -0.3 is 19.7 Å². The minimum atomic E-state index is -0.997. The predicted octanol–water partition coefficient (Wildman–Crippen LogP) is 12.1. The molecule has 0 unspecified atom stereocenters. The average Bonchev–Trinajstić information content (AvgIpc) is 3.13. The molecule has 0 amide bonds. The monoisotopic (exact) mass is 715 g/mol. The van der Waals surface area contributed by atoms with Gasteiger partial charge in [0.1, 0.15) is 19.3 Å². The third kappa shape index (κ3) is 40.2. The van der Waals surface area contributed by atoms with Crippen LogP contribution in [-0.4, -0.2) is 47.6 Å². The van der Waals surface area contributed by atoms with Crippen molar-refractivity contribution in [2.75, 3.05) is 13.2 Å². The molecule has 2 atom stereocenters. The van der Waals surface area contributed by atoms with Crippen molar-refractivity contribution in [3.05, 3.63) is 60.8 Å². The topological polar surface area (TPSA) is 93.1 Å². The fraction of sp³-hybridized carbons (Fsp3) is 0.733. The van der Waals surface area contributed by atoms with Gasteiger partial charge in [0.05, 0.1) is 6.10 Å². The Balaban J connectivity index is 3.52. The highest BCUT2D eigenvalue weighted by Crippen LogP contribution is 2.15. The minimum Gasteiger partial charge on any atom is -0.463 e. The molecule has 0 aromatic carbocycles. The van der Waals surface area contributed by atoms with Crippen molar-refractivity contribution in [2.45, 2.75) is 199 Å². The molecule has 6 heteroatoms. The van der Waals surface area contributed by atoms with E-state index in [-0.39, 0.29) is 31.3 Å². The van der Waals surface area contributed by atoms with Gasteiger partial charge >= 0.3 is 11.9 Å². The number of carbonyl (C=O) groups is 2. The van der Waals surface area contributed by atoms with E-state index in [0.717, 1.165) is 51.4 Å². The maximum Gasteiger partial charge on any atom is 0.305 e. The fourth-order valence-corrected chi connectivity index (χ4v) is 5.60. The summed E-state index contributed by atoms with van der Waals surface area (Å²) in [4.78, 5) is 24.0. The smallest absolute Gasteiger partial charge is 0.305 e. The molecule has 51 heavy (non-hydrogen) atoms. The van der Waals surface area contributed by atoms with Crippen LogP contribution in [0.25, 0.3) is 0 Å². The quantitative estimate of drug-likeness (QED) is 0.0288. The number of aliphatic hydroxyl groups excluding tert-OH is 2. The first-order chi connectivity index (χ1) is 25.0. The lowest BCUT2D eigenvalue weighted by Gasteiger charge is -2.12. The summed E-state index contributed by atoms with van der Waals surface area (Å²) >= 11 is 0. The fourth-order valence-electron chi connectivity index (χ4n) is 5.60. The number of rotatable bonds is 37. The first kappa shape index (κ1) is 48.6. The molecule has 0 aliphatic rings. The van der Waals surface area contributed by atoms with Crippen LogP contribution in [0.5, 0.6) is 0 Å². The molecule has 0 aromatic heterocycles. The number of unbranched alkanes of at least 4 members (excludes halogenated alkanes) is 19. The van der Waals surface area contributed by atoms with Crippen LogP contribution in [-0.2, 0) is 19.1 Å². The van der Waals surface area contributed by atoms with Crippen molar-refractivity contribution < 1.29 is 29.3 Å². The molecule has 0 rings (SSSR count). The number of hydrogen-bond donors (Lipinski definition) is 2. The highest BCUT2D eigenvalue weighted by atomic mass is 16.6. The van der Waals surface area contributed by atoms with Crippen LogP contribution in [0.1, 0.15) is 187 Å². The summed E-state index contributed by atoms with van der Waals surface area (Å²) in [6, 6.07) is 0. The van der Waals surface area contributed by atoms with Gasteiger partial charge in [0, 0.05) is 12.8 Å². The largest absolute Gasteiger partial charge is 0.463 e. The standard InChI is InChI=1S/C45H78O6/c1-3-5-6-7-8-9-10-11-12-13-14-15-16-20-23-26-29-32-35-38-44(48)50-40-43(47)41-51-45(49)39-36-33-30-27-24-21-18-17-19-22-25-28-31-34-37-42(46)4-2/h18-19,21-22,27-28,30-31,34,37,42-43,46-47H,3-17,20,23-26,29,32-33,35-36,38-41H2,1-2H3/b21-18-,22-19-,30-27-,31-28-,37-34+/t42-,43-/m0/s1. The van der Waals surface area contributed by atoms with E-state index in [0.29, 0.717) is 19.3 Å². The van der Waals surface area contributed by atoms with E-state index in [1.807, 2.05) is 19.1 Å². The van der Waals surface area contributed by atoms with Crippen molar-refractivity contribution >= 4 is 11.9 Å². The Kier molecular flexibility index (Phi) is 38.4. The van der Waals surface area contributed by atoms with Gasteiger partial charge in [-0.15, -0.1) is 0 Å². The SMILES string of the molecule is CCCCCCCCCCCCCCCCCCCCCC(=O)OC[C@H](O)COC(=O)CCC/C=C\C/C=C\C/C=C\C/C=C\C=C\[C@@H](O)CC. The molecule has 2 N–H and O–H groups in total. The third-order valence-electron chi connectivity index (χ3n) is 8.92. The second-order valence-corrected chi connectivity index (χ2v) is 13.9. The van der Waals surface area contributed by atoms with E-state index in [9.17, 15) is 19.8 Å². The van der Waals surface area contributed by atoms with E-state index >= 15 is 0 Å². The molecule has 0 aliphatic carbocycles. The summed E-state index contributed by atoms with van der Waals surface area (Å²) in [5.41, 5.74) is 0. The highest BCUT2D eigenvalue weighted by molar-refractivity contribution is 5.69. The summed E-state index contributed by atoms with van der Waals surface area (Å²) in [7, 11) is 0. The second kappa shape index (κ2) is 40.3. The van der Waals surface area contributed by atoms with Gasteiger partial charge in [0.2, 0.25) is 0 Å². The molecular weight excluding hydrogens is 636 g/mol. The molecule has 6 nitrogen and oxygen atoms in total. The molecule has 0 saturated carbocycles. The van der Waals surface area contributed by atoms with Crippen LogP contribution < -0.4 is 0 Å². The first-order valence-corrected chi connectivity index (χ1v) is 20.9. The number of carbonyl (C=O) groups excluding carboxylic acids is 2. The predicted molar refractivity (Wildman–Crippen MR) is 216 cm³/mol. The van der Waals surface area contributed by atoms with Gasteiger partial charge in [-0.1, -0.05) is 190 Å². The minimum absolute atomic E-state index is 0.142. The van der Waals surface area contributed by atoms with Gasteiger partial charge in [-0.05, 0) is 44.9 Å². The molecular formula is C45H78O6. The van der Waals surface area contributed by atoms with E-state index in [1.165, 1.54) is 103 Å². The molecule has 0 aliphatic heterocycles. The normalized spacial score (nSPS) is 13.4. The number of esters is 2. The summed E-state index contributed by atoms with van der Waals surface area (Å²) in [5, 5.41) is 19.5. The average molecular weight is 715 g/mol. The summed E-state index contributed by atoms with van der Waals surface area (Å²) in [6.07, 6.45) is 49.5. The van der Waals surface area contributed by atoms with Gasteiger partial charge in [-0.2, -0.15) is 0 Å². The Hall–Kier alpha value is -2.44. The molecule has 0 radical (unpaired) electrons. The molecule has 0 spiro atoms. The van der Waals surface area contributed by atoms with Crippen molar-refractivity contribution in [1.82, 2.24) is 0 Å². The van der Waals surface area contributed by atoms with Crippen molar-refractivity contribution in [2.24, 2.45) is 0 Å². The van der Waals surface area contributed by atoms with E-state index in [1.54, 1.807) is 6.08 Å². The molecule has 0 bridgehead atoms. The molecule has 294 valence electrons. The van der Waals surface area contributed by atoms with Gasteiger partial charge in [0.15, 0.2) is 0 Å². The Morgan fingerprint density at radius 2 is 0.882 bits per heavy atom. The van der Waals surface area contributed by atoms with Crippen LogP contribution in [0.15, 0.2) is 60.8 Å². The zero-order valence-corrected chi connectivity index (χ0v) is 33.0. The van der Waals surface area contributed by atoms with Gasteiger partial charge in [-0.25, -0.2) is 0 Å². The zero-order valence-electron chi connectivity index (χ0n) is 33.0. The number of allylic oxidation sites excluding steroid dienone is 9. The molecule has 0 heterocycles. The Morgan fingerprint density at radius 3 is 1.33 bits per heavy atom.